The van der Waals surface area contributed by atoms with Gasteiger partial charge in [-0.1, -0.05) is 48.7 Å². The van der Waals surface area contributed by atoms with Crippen molar-refractivity contribution in [3.63, 3.8) is 0 Å². The molecule has 1 aliphatic rings. The summed E-state index contributed by atoms with van der Waals surface area (Å²) in [6, 6.07) is 13.5. The fraction of sp³-hybridized carbons (Fsp3) is 0.304. The van der Waals surface area contributed by atoms with Crippen molar-refractivity contribution < 1.29 is 4.79 Å². The van der Waals surface area contributed by atoms with Gasteiger partial charge in [0, 0.05) is 32.8 Å². The molecule has 31 heavy (non-hydrogen) atoms. The molecule has 1 amide bonds. The smallest absolute Gasteiger partial charge is 0.283 e. The van der Waals surface area contributed by atoms with Gasteiger partial charge in [-0.25, -0.2) is 9.69 Å². The van der Waals surface area contributed by atoms with Gasteiger partial charge in [0.1, 0.15) is 0 Å². The maximum atomic E-state index is 13.2. The van der Waals surface area contributed by atoms with Crippen LogP contribution in [0, 0.1) is 3.57 Å². The van der Waals surface area contributed by atoms with Crippen molar-refractivity contribution in [1.29, 1.82) is 0 Å². The number of halogens is 3. The minimum absolute atomic E-state index is 0.186. The summed E-state index contributed by atoms with van der Waals surface area (Å²) in [5.41, 5.74) is 6.90. The summed E-state index contributed by atoms with van der Waals surface area (Å²) in [6.45, 7) is 3.76. The Morgan fingerprint density at radius 3 is 2.45 bits per heavy atom. The predicted octanol–water partition coefficient (Wildman–Crippen LogP) is 6.14. The average Bonchev–Trinajstić information content (AvgIpc) is 3.14. The standard InChI is InChI=1S/C23H23Cl2IN4O/c1-2-18-21(23(31)28-29-12-4-3-5-13-29)27-30(20-11-8-16(24)14-19(20)25)22(18)15-6-9-17(26)10-7-15/h6-11,14H,2-5,12-13H2,1H3,(H,28,31). The van der Waals surface area contributed by atoms with E-state index < -0.39 is 0 Å². The van der Waals surface area contributed by atoms with Crippen LogP contribution in [0.25, 0.3) is 16.9 Å². The highest BCUT2D eigenvalue weighted by Gasteiger charge is 2.26. The van der Waals surface area contributed by atoms with Gasteiger partial charge in [0.05, 0.1) is 16.4 Å². The second-order valence-corrected chi connectivity index (χ2v) is 9.62. The molecule has 1 saturated heterocycles. The number of amides is 1. The van der Waals surface area contributed by atoms with Crippen LogP contribution in [-0.2, 0) is 6.42 Å². The Morgan fingerprint density at radius 1 is 1.10 bits per heavy atom. The Hall–Kier alpha value is -1.61. The minimum Gasteiger partial charge on any atom is -0.283 e. The maximum Gasteiger partial charge on any atom is 0.286 e. The molecule has 4 rings (SSSR count). The van der Waals surface area contributed by atoms with Crippen LogP contribution in [0.15, 0.2) is 42.5 Å². The zero-order chi connectivity index (χ0) is 22.0. The van der Waals surface area contributed by atoms with Gasteiger partial charge in [0.15, 0.2) is 5.69 Å². The second kappa shape index (κ2) is 9.90. The highest BCUT2D eigenvalue weighted by molar-refractivity contribution is 14.1. The minimum atomic E-state index is -0.186. The molecule has 0 unspecified atom stereocenters. The molecule has 0 aliphatic carbocycles. The zero-order valence-corrected chi connectivity index (χ0v) is 20.8. The third-order valence-electron chi connectivity index (χ3n) is 5.42. The van der Waals surface area contributed by atoms with Gasteiger partial charge >= 0.3 is 0 Å². The molecule has 0 spiro atoms. The second-order valence-electron chi connectivity index (χ2n) is 7.53. The Balaban J connectivity index is 1.84. The van der Waals surface area contributed by atoms with E-state index >= 15 is 0 Å². The van der Waals surface area contributed by atoms with Crippen LogP contribution in [-0.4, -0.2) is 33.8 Å². The van der Waals surface area contributed by atoms with Crippen molar-refractivity contribution in [3.05, 3.63) is 67.3 Å². The number of hydrogen-bond acceptors (Lipinski definition) is 3. The third kappa shape index (κ3) is 4.92. The van der Waals surface area contributed by atoms with E-state index in [4.69, 9.17) is 28.3 Å². The molecule has 1 aromatic heterocycles. The number of hydrazine groups is 1. The molecule has 162 valence electrons. The van der Waals surface area contributed by atoms with E-state index in [-0.39, 0.29) is 5.91 Å². The molecule has 5 nitrogen and oxygen atoms in total. The third-order valence-corrected chi connectivity index (χ3v) is 6.68. The largest absolute Gasteiger partial charge is 0.286 e. The van der Waals surface area contributed by atoms with Crippen molar-refractivity contribution in [1.82, 2.24) is 20.2 Å². The molecule has 2 heterocycles. The van der Waals surface area contributed by atoms with Crippen LogP contribution in [0.5, 0.6) is 0 Å². The Morgan fingerprint density at radius 2 is 1.81 bits per heavy atom. The van der Waals surface area contributed by atoms with E-state index in [1.54, 1.807) is 16.8 Å². The van der Waals surface area contributed by atoms with Crippen molar-refractivity contribution in [2.75, 3.05) is 13.1 Å². The number of piperidine rings is 1. The first-order valence-electron chi connectivity index (χ1n) is 10.4. The summed E-state index contributed by atoms with van der Waals surface area (Å²) >= 11 is 14.9. The van der Waals surface area contributed by atoms with Crippen LogP contribution in [0.2, 0.25) is 10.0 Å². The van der Waals surface area contributed by atoms with Crippen molar-refractivity contribution >= 4 is 51.7 Å². The SMILES string of the molecule is CCc1c(C(=O)NN2CCCCC2)nn(-c2ccc(Cl)cc2Cl)c1-c1ccc(I)cc1. The highest BCUT2D eigenvalue weighted by Crippen LogP contribution is 2.33. The van der Waals surface area contributed by atoms with Gasteiger partial charge in [0.25, 0.3) is 5.91 Å². The van der Waals surface area contributed by atoms with Gasteiger partial charge in [-0.2, -0.15) is 5.10 Å². The Labute approximate surface area is 205 Å². The number of rotatable bonds is 5. The number of nitrogens with zero attached hydrogens (tertiary/aromatic N) is 3. The molecule has 1 N–H and O–H groups in total. The molecule has 1 fully saturated rings. The van der Waals surface area contributed by atoms with Gasteiger partial charge in [-0.05, 0) is 72.2 Å². The molecule has 3 aromatic rings. The van der Waals surface area contributed by atoms with Gasteiger partial charge in [-0.3, -0.25) is 10.2 Å². The fourth-order valence-corrected chi connectivity index (χ4v) is 4.75. The summed E-state index contributed by atoms with van der Waals surface area (Å²) in [5.74, 6) is -0.186. The molecule has 8 heteroatoms. The van der Waals surface area contributed by atoms with Crippen LogP contribution in [0.4, 0.5) is 0 Å². The molecular formula is C23H23Cl2IN4O. The number of carbonyl (C=O) groups is 1. The molecule has 0 bridgehead atoms. The summed E-state index contributed by atoms with van der Waals surface area (Å²) in [6.07, 6.45) is 4.04. The lowest BCUT2D eigenvalue weighted by atomic mass is 10.0. The number of nitrogens with one attached hydrogen (secondary N) is 1. The normalized spacial score (nSPS) is 14.6. The molecule has 0 atom stereocenters. The molecule has 1 aliphatic heterocycles. The zero-order valence-electron chi connectivity index (χ0n) is 17.2. The summed E-state index contributed by atoms with van der Waals surface area (Å²) in [7, 11) is 0. The molecule has 0 radical (unpaired) electrons. The van der Waals surface area contributed by atoms with Crippen molar-refractivity contribution in [2.45, 2.75) is 32.6 Å². The quantitative estimate of drug-likeness (QED) is 0.376. The first-order chi connectivity index (χ1) is 15.0. The maximum absolute atomic E-state index is 13.2. The van der Waals surface area contributed by atoms with E-state index in [2.05, 4.69) is 28.0 Å². The van der Waals surface area contributed by atoms with E-state index in [9.17, 15) is 4.79 Å². The molecular weight excluding hydrogens is 546 g/mol. The highest BCUT2D eigenvalue weighted by atomic mass is 127. The van der Waals surface area contributed by atoms with Crippen molar-refractivity contribution in [3.8, 4) is 16.9 Å². The Bertz CT molecular complexity index is 1090. The Kier molecular flexibility index (Phi) is 7.21. The van der Waals surface area contributed by atoms with Gasteiger partial charge in [-0.15, -0.1) is 0 Å². The van der Waals surface area contributed by atoms with Crippen molar-refractivity contribution in [2.24, 2.45) is 0 Å². The molecule has 2 aromatic carbocycles. The van der Waals surface area contributed by atoms with E-state index in [0.29, 0.717) is 27.8 Å². The number of aromatic nitrogens is 2. The average molecular weight is 569 g/mol. The van der Waals surface area contributed by atoms with E-state index in [1.165, 1.54) is 6.42 Å². The summed E-state index contributed by atoms with van der Waals surface area (Å²) < 4.78 is 2.91. The monoisotopic (exact) mass is 568 g/mol. The first-order valence-corrected chi connectivity index (χ1v) is 12.2. The summed E-state index contributed by atoms with van der Waals surface area (Å²) in [5, 5.41) is 7.78. The lowest BCUT2D eigenvalue weighted by molar-refractivity contribution is 0.0743. The molecule has 0 saturated carbocycles. The predicted molar refractivity (Wildman–Crippen MR) is 134 cm³/mol. The van der Waals surface area contributed by atoms with Gasteiger partial charge < -0.3 is 0 Å². The topological polar surface area (TPSA) is 50.2 Å². The summed E-state index contributed by atoms with van der Waals surface area (Å²) in [4.78, 5) is 13.2. The first kappa shape index (κ1) is 22.6. The number of hydrogen-bond donors (Lipinski definition) is 1. The van der Waals surface area contributed by atoms with Crippen LogP contribution < -0.4 is 5.43 Å². The number of benzene rings is 2. The van der Waals surface area contributed by atoms with E-state index in [0.717, 1.165) is 46.3 Å². The lowest BCUT2D eigenvalue weighted by Crippen LogP contribution is -2.45. The van der Waals surface area contributed by atoms with Crippen LogP contribution >= 0.6 is 45.8 Å². The number of carbonyl (C=O) groups excluding carboxylic acids is 1. The van der Waals surface area contributed by atoms with E-state index in [1.807, 2.05) is 42.3 Å². The van der Waals surface area contributed by atoms with Crippen LogP contribution in [0.1, 0.15) is 42.2 Å². The lowest BCUT2D eigenvalue weighted by Gasteiger charge is -2.26. The fourth-order valence-electron chi connectivity index (χ4n) is 3.90. The van der Waals surface area contributed by atoms with Crippen LogP contribution in [0.3, 0.4) is 0 Å². The van der Waals surface area contributed by atoms with Gasteiger partial charge in [0.2, 0.25) is 0 Å².